The Morgan fingerprint density at radius 3 is 1.95 bits per heavy atom. The van der Waals surface area contributed by atoms with Crippen LogP contribution in [0.1, 0.15) is 19.8 Å². The first-order valence-corrected chi connectivity index (χ1v) is 7.70. The Hall–Kier alpha value is -0.440. The standard InChI is InChI=1S/C10H13Cl2N.C4H7ClO/c11-6-8-13(9-7-12)10-4-2-1-3-5-10;1-2-3-4(5)6/h1-5H,6-9H2;2-3H2,1H3. The summed E-state index contributed by atoms with van der Waals surface area (Å²) < 4.78 is 0. The number of rotatable bonds is 7. The molecule has 0 spiro atoms. The Morgan fingerprint density at radius 1 is 1.11 bits per heavy atom. The van der Waals surface area contributed by atoms with E-state index in [0.29, 0.717) is 18.2 Å². The number of para-hydroxylation sites is 1. The van der Waals surface area contributed by atoms with Gasteiger partial charge in [0.2, 0.25) is 5.24 Å². The third kappa shape index (κ3) is 10.1. The molecular formula is C14H20Cl3NO. The second-order valence-corrected chi connectivity index (χ2v) is 4.98. The molecule has 0 aromatic heterocycles. The second-order valence-electron chi connectivity index (χ2n) is 3.81. The van der Waals surface area contributed by atoms with Crippen molar-refractivity contribution in [2.24, 2.45) is 0 Å². The SMILES string of the molecule is CCCC(=O)Cl.ClCCN(CCCl)c1ccccc1. The summed E-state index contributed by atoms with van der Waals surface area (Å²) in [6.07, 6.45) is 1.35. The number of carbonyl (C=O) groups excluding carboxylic acids is 1. The van der Waals surface area contributed by atoms with E-state index in [-0.39, 0.29) is 5.24 Å². The fraction of sp³-hybridized carbons (Fsp3) is 0.500. The molecule has 108 valence electrons. The molecule has 1 aromatic carbocycles. The van der Waals surface area contributed by atoms with Crippen LogP contribution in [0.25, 0.3) is 0 Å². The van der Waals surface area contributed by atoms with Crippen LogP contribution in [0.3, 0.4) is 0 Å². The third-order valence-corrected chi connectivity index (χ3v) is 2.80. The van der Waals surface area contributed by atoms with E-state index in [9.17, 15) is 4.79 Å². The molecule has 0 unspecified atom stereocenters. The average molecular weight is 325 g/mol. The maximum atomic E-state index is 9.81. The molecule has 1 rings (SSSR count). The normalized spacial score (nSPS) is 9.47. The van der Waals surface area contributed by atoms with Gasteiger partial charge in [0.25, 0.3) is 0 Å². The molecule has 0 atom stereocenters. The van der Waals surface area contributed by atoms with Gasteiger partial charge < -0.3 is 4.90 Å². The Labute approximate surface area is 130 Å². The molecule has 0 N–H and O–H groups in total. The van der Waals surface area contributed by atoms with Crippen LogP contribution in [0.5, 0.6) is 0 Å². The van der Waals surface area contributed by atoms with Gasteiger partial charge in [0.05, 0.1) is 0 Å². The Bertz CT molecular complexity index is 327. The lowest BCUT2D eigenvalue weighted by Crippen LogP contribution is -2.27. The van der Waals surface area contributed by atoms with Gasteiger partial charge in [0.1, 0.15) is 0 Å². The topological polar surface area (TPSA) is 20.3 Å². The summed E-state index contributed by atoms with van der Waals surface area (Å²) in [4.78, 5) is 12.0. The zero-order chi connectivity index (χ0) is 14.5. The predicted octanol–water partition coefficient (Wildman–Crippen LogP) is 4.52. The number of hydrogen-bond donors (Lipinski definition) is 0. The molecule has 0 bridgehead atoms. The smallest absolute Gasteiger partial charge is 0.221 e. The highest BCUT2D eigenvalue weighted by molar-refractivity contribution is 6.63. The number of anilines is 1. The molecule has 0 saturated heterocycles. The maximum absolute atomic E-state index is 9.81. The number of nitrogens with zero attached hydrogens (tertiary/aromatic N) is 1. The van der Waals surface area contributed by atoms with E-state index in [1.807, 2.05) is 25.1 Å². The van der Waals surface area contributed by atoms with Crippen LogP contribution < -0.4 is 4.90 Å². The maximum Gasteiger partial charge on any atom is 0.221 e. The van der Waals surface area contributed by atoms with Gasteiger partial charge in [-0.3, -0.25) is 4.79 Å². The van der Waals surface area contributed by atoms with Crippen molar-refractivity contribution in [3.05, 3.63) is 30.3 Å². The highest BCUT2D eigenvalue weighted by Crippen LogP contribution is 2.12. The fourth-order valence-corrected chi connectivity index (χ4v) is 2.01. The molecule has 0 aliphatic rings. The van der Waals surface area contributed by atoms with Crippen molar-refractivity contribution in [2.45, 2.75) is 19.8 Å². The lowest BCUT2D eigenvalue weighted by atomic mass is 10.3. The lowest BCUT2D eigenvalue weighted by molar-refractivity contribution is -0.111. The van der Waals surface area contributed by atoms with Crippen molar-refractivity contribution in [1.29, 1.82) is 0 Å². The largest absolute Gasteiger partial charge is 0.369 e. The van der Waals surface area contributed by atoms with Crippen molar-refractivity contribution >= 4 is 45.7 Å². The minimum Gasteiger partial charge on any atom is -0.369 e. The van der Waals surface area contributed by atoms with Crippen LogP contribution in [0.15, 0.2) is 30.3 Å². The zero-order valence-electron chi connectivity index (χ0n) is 11.1. The molecule has 0 saturated carbocycles. The second kappa shape index (κ2) is 12.6. The highest BCUT2D eigenvalue weighted by atomic mass is 35.5. The molecule has 0 fully saturated rings. The van der Waals surface area contributed by atoms with Gasteiger partial charge in [-0.1, -0.05) is 25.1 Å². The summed E-state index contributed by atoms with van der Waals surface area (Å²) in [5, 5.41) is -0.238. The van der Waals surface area contributed by atoms with E-state index in [0.717, 1.165) is 19.5 Å². The van der Waals surface area contributed by atoms with E-state index in [1.54, 1.807) is 0 Å². The Balaban J connectivity index is 0.000000459. The van der Waals surface area contributed by atoms with Crippen LogP contribution in [-0.2, 0) is 4.79 Å². The summed E-state index contributed by atoms with van der Waals surface area (Å²) in [7, 11) is 0. The van der Waals surface area contributed by atoms with Crippen LogP contribution in [0, 0.1) is 0 Å². The third-order valence-electron chi connectivity index (χ3n) is 2.28. The number of halogens is 3. The van der Waals surface area contributed by atoms with E-state index >= 15 is 0 Å². The van der Waals surface area contributed by atoms with Crippen molar-refractivity contribution in [3.8, 4) is 0 Å². The number of alkyl halides is 2. The first kappa shape index (κ1) is 18.6. The van der Waals surface area contributed by atoms with E-state index in [2.05, 4.69) is 17.0 Å². The van der Waals surface area contributed by atoms with Gasteiger partial charge in [-0.15, -0.1) is 23.2 Å². The summed E-state index contributed by atoms with van der Waals surface area (Å²) in [5.41, 5.74) is 1.18. The van der Waals surface area contributed by atoms with Crippen LogP contribution >= 0.6 is 34.8 Å². The van der Waals surface area contributed by atoms with Crippen LogP contribution in [0.2, 0.25) is 0 Å². The fourth-order valence-electron chi connectivity index (χ4n) is 1.41. The van der Waals surface area contributed by atoms with Gasteiger partial charge in [-0.05, 0) is 30.2 Å². The molecule has 5 heteroatoms. The Morgan fingerprint density at radius 2 is 1.63 bits per heavy atom. The zero-order valence-corrected chi connectivity index (χ0v) is 13.4. The molecule has 0 amide bonds. The quantitative estimate of drug-likeness (QED) is 0.543. The number of carbonyl (C=O) groups is 1. The average Bonchev–Trinajstić information content (AvgIpc) is 2.40. The minimum absolute atomic E-state index is 0.238. The molecule has 0 radical (unpaired) electrons. The molecule has 19 heavy (non-hydrogen) atoms. The molecule has 0 aliphatic carbocycles. The minimum atomic E-state index is -0.238. The monoisotopic (exact) mass is 323 g/mol. The molecule has 0 aliphatic heterocycles. The lowest BCUT2D eigenvalue weighted by Gasteiger charge is -2.22. The molecule has 0 heterocycles. The number of hydrogen-bond acceptors (Lipinski definition) is 2. The van der Waals surface area contributed by atoms with Crippen molar-refractivity contribution in [1.82, 2.24) is 0 Å². The summed E-state index contributed by atoms with van der Waals surface area (Å²) in [5.74, 6) is 1.26. The predicted molar refractivity (Wildman–Crippen MR) is 85.9 cm³/mol. The molecule has 2 nitrogen and oxygen atoms in total. The van der Waals surface area contributed by atoms with Gasteiger partial charge in [0, 0.05) is 37.0 Å². The summed E-state index contributed by atoms with van der Waals surface area (Å²) in [6.45, 7) is 3.61. The van der Waals surface area contributed by atoms with Gasteiger partial charge >= 0.3 is 0 Å². The van der Waals surface area contributed by atoms with Crippen molar-refractivity contribution in [3.63, 3.8) is 0 Å². The summed E-state index contributed by atoms with van der Waals surface area (Å²) in [6, 6.07) is 10.2. The first-order valence-electron chi connectivity index (χ1n) is 6.26. The van der Waals surface area contributed by atoms with Gasteiger partial charge in [-0.2, -0.15) is 0 Å². The molecule has 1 aromatic rings. The van der Waals surface area contributed by atoms with Crippen LogP contribution in [-0.4, -0.2) is 30.1 Å². The van der Waals surface area contributed by atoms with Crippen LogP contribution in [0.4, 0.5) is 5.69 Å². The number of benzene rings is 1. The van der Waals surface area contributed by atoms with E-state index in [4.69, 9.17) is 34.8 Å². The molecular weight excluding hydrogens is 305 g/mol. The van der Waals surface area contributed by atoms with Gasteiger partial charge in [0.15, 0.2) is 0 Å². The Kier molecular flexibility index (Phi) is 12.3. The summed E-state index contributed by atoms with van der Waals surface area (Å²) >= 11 is 16.3. The van der Waals surface area contributed by atoms with Crippen molar-refractivity contribution < 1.29 is 4.79 Å². The van der Waals surface area contributed by atoms with Crippen molar-refractivity contribution in [2.75, 3.05) is 29.7 Å². The van der Waals surface area contributed by atoms with Gasteiger partial charge in [-0.25, -0.2) is 0 Å². The van der Waals surface area contributed by atoms with E-state index < -0.39 is 0 Å². The van der Waals surface area contributed by atoms with E-state index in [1.165, 1.54) is 5.69 Å². The highest BCUT2D eigenvalue weighted by Gasteiger charge is 2.02. The first-order chi connectivity index (χ1) is 9.15.